The first-order valence-electron chi connectivity index (χ1n) is 14.1. The number of nitrogens with one attached hydrogen (secondary N) is 5. The second-order valence-electron chi connectivity index (χ2n) is 11.2. The number of carbonyl (C=O) groups excluding carboxylic acids is 3. The van der Waals surface area contributed by atoms with Crippen LogP contribution in [-0.4, -0.2) is 85.7 Å². The molecule has 0 aromatic heterocycles. The third-order valence-corrected chi connectivity index (χ3v) is 7.98. The van der Waals surface area contributed by atoms with Gasteiger partial charge in [-0.15, -0.1) is 0 Å². The number of amidine groups is 1. The van der Waals surface area contributed by atoms with Gasteiger partial charge in [-0.2, -0.15) is 9.89 Å². The lowest BCUT2D eigenvalue weighted by molar-refractivity contribution is -1.05. The number of hydrogen-bond donors (Lipinski definition) is 6. The molecule has 5 aliphatic heterocycles. The second kappa shape index (κ2) is 11.0. The number of quaternary nitrogens is 2. The number of methoxy groups -OCH3 is 1. The molecule has 44 heavy (non-hydrogen) atoms. The second-order valence-corrected chi connectivity index (χ2v) is 11.2. The standard InChI is InChI=1S/C29H31N7O8/c1-5-42-26(39)23-16(12-37)14(20-18(44-23)11-17-15(22(20)41-4)10-19(43-17)29(2,3)40)6-8-35-9-7-31-28(35)36-13-32-21-24(36)33-27(30)34-25(21)38/h6-7,9,11-12,19,28,31,40H,5,8,10,13H2,1-4H3,(H2,30,34,38)/p+2/b14-6+/t19-,28?/m0/s1. The molecule has 3 unspecified atom stereocenters. The first-order chi connectivity index (χ1) is 21.0. The summed E-state index contributed by atoms with van der Waals surface area (Å²) in [5, 5.41) is 24.2. The Kier molecular flexibility index (Phi) is 7.31. The molecule has 15 nitrogen and oxygen atoms in total. The zero-order valence-corrected chi connectivity index (χ0v) is 24.6. The van der Waals surface area contributed by atoms with Crippen LogP contribution < -0.4 is 34.6 Å². The summed E-state index contributed by atoms with van der Waals surface area (Å²) in [5.74, 6) is -0.310. The fourth-order valence-electron chi connectivity index (χ4n) is 5.88. The number of amides is 1. The first kappa shape index (κ1) is 29.2. The molecule has 4 atom stereocenters. The highest BCUT2D eigenvalue weighted by Crippen LogP contribution is 2.51. The average molecular weight is 608 g/mol. The number of esters is 1. The minimum absolute atomic E-state index is 0.000141. The lowest BCUT2D eigenvalue weighted by Crippen LogP contribution is -3.36. The van der Waals surface area contributed by atoms with E-state index in [0.29, 0.717) is 53.3 Å². The smallest absolute Gasteiger partial charge is 0.375 e. The third-order valence-electron chi connectivity index (χ3n) is 7.98. The Hall–Kier alpha value is -4.86. The molecule has 0 saturated carbocycles. The highest BCUT2D eigenvalue weighted by molar-refractivity contribution is 6.68. The summed E-state index contributed by atoms with van der Waals surface area (Å²) >= 11 is 0. The number of aliphatic hydroxyl groups is 1. The number of aldehydes is 1. The van der Waals surface area contributed by atoms with E-state index < -0.39 is 23.6 Å². The van der Waals surface area contributed by atoms with Crippen LogP contribution >= 0.6 is 0 Å². The van der Waals surface area contributed by atoms with E-state index in [-0.39, 0.29) is 48.3 Å². The summed E-state index contributed by atoms with van der Waals surface area (Å²) in [6, 6.07) is 1.63. The van der Waals surface area contributed by atoms with Crippen molar-refractivity contribution < 1.29 is 48.2 Å². The number of hydrogen-bond acceptors (Lipinski definition) is 11. The number of carbonyl (C=O) groups is 3. The van der Waals surface area contributed by atoms with E-state index in [0.717, 1.165) is 9.80 Å². The third kappa shape index (κ3) is 4.84. The minimum atomic E-state index is -1.15. The average Bonchev–Trinajstić information content (AvgIpc) is 3.72. The molecule has 5 heterocycles. The normalized spacial score (nSPS) is 26.1. The van der Waals surface area contributed by atoms with Crippen molar-refractivity contribution in [1.82, 2.24) is 10.6 Å². The SMILES string of the molecule is CCOC(=O)C1=C(C=O)/C(=C\C[NH+]2C=CNC2[NH+]2CN=C3C(=O)NC(=N)N=C32)c2c(cc3c(c2OC)C[C@@H](C(C)(C)O)O3)O1. The molecule has 230 valence electrons. The molecule has 1 aromatic rings. The highest BCUT2D eigenvalue weighted by Gasteiger charge is 2.47. The van der Waals surface area contributed by atoms with Crippen LogP contribution in [0.5, 0.6) is 17.2 Å². The Morgan fingerprint density at radius 3 is 2.84 bits per heavy atom. The molecule has 0 saturated heterocycles. The zero-order valence-electron chi connectivity index (χ0n) is 24.6. The van der Waals surface area contributed by atoms with E-state index in [1.807, 2.05) is 12.3 Å². The fourth-order valence-corrected chi connectivity index (χ4v) is 5.88. The predicted octanol–water partition coefficient (Wildman–Crippen LogP) is -2.44. The van der Waals surface area contributed by atoms with Crippen LogP contribution in [0, 0.1) is 5.41 Å². The fraction of sp³-hybridized carbons (Fsp3) is 0.379. The number of ether oxygens (including phenoxy) is 4. The number of rotatable bonds is 8. The van der Waals surface area contributed by atoms with Gasteiger partial charge in [0, 0.05) is 23.6 Å². The van der Waals surface area contributed by atoms with Gasteiger partial charge in [-0.05, 0) is 26.8 Å². The molecule has 1 amide bonds. The van der Waals surface area contributed by atoms with E-state index >= 15 is 0 Å². The maximum Gasteiger partial charge on any atom is 0.375 e. The summed E-state index contributed by atoms with van der Waals surface area (Å²) < 4.78 is 23.1. The molecule has 0 radical (unpaired) electrons. The minimum Gasteiger partial charge on any atom is -0.496 e. The number of aliphatic imine (C=N–C) groups is 2. The number of benzene rings is 1. The zero-order chi connectivity index (χ0) is 31.3. The molecule has 0 aliphatic carbocycles. The van der Waals surface area contributed by atoms with Crippen LogP contribution in [0.2, 0.25) is 0 Å². The van der Waals surface area contributed by atoms with Crippen LogP contribution in [0.25, 0.3) is 5.57 Å². The molecule has 5 aliphatic rings. The maximum atomic E-state index is 13.0. The van der Waals surface area contributed by atoms with Crippen molar-refractivity contribution in [2.75, 3.05) is 26.9 Å². The van der Waals surface area contributed by atoms with Crippen LogP contribution in [0.3, 0.4) is 0 Å². The van der Waals surface area contributed by atoms with Gasteiger partial charge < -0.3 is 24.1 Å². The number of nitrogens with zero attached hydrogens (tertiary/aromatic N) is 2. The summed E-state index contributed by atoms with van der Waals surface area (Å²) in [5.41, 5.74) is 0.619. The van der Waals surface area contributed by atoms with Crippen molar-refractivity contribution in [3.8, 4) is 17.2 Å². The van der Waals surface area contributed by atoms with E-state index in [1.54, 1.807) is 33.0 Å². The van der Waals surface area contributed by atoms with Crippen molar-refractivity contribution in [2.24, 2.45) is 9.98 Å². The Morgan fingerprint density at radius 2 is 2.14 bits per heavy atom. The monoisotopic (exact) mass is 607 g/mol. The van der Waals surface area contributed by atoms with Gasteiger partial charge in [-0.1, -0.05) is 0 Å². The maximum absolute atomic E-state index is 13.0. The molecule has 15 heteroatoms. The predicted molar refractivity (Wildman–Crippen MR) is 154 cm³/mol. The summed E-state index contributed by atoms with van der Waals surface area (Å²) in [7, 11) is 1.50. The van der Waals surface area contributed by atoms with Gasteiger partial charge >= 0.3 is 12.3 Å². The van der Waals surface area contributed by atoms with Crippen LogP contribution in [-0.2, 0) is 25.5 Å². The number of guanidine groups is 1. The van der Waals surface area contributed by atoms with Gasteiger partial charge in [0.1, 0.15) is 36.1 Å². The van der Waals surface area contributed by atoms with Gasteiger partial charge in [0.15, 0.2) is 13.0 Å². The first-order valence-corrected chi connectivity index (χ1v) is 14.1. The van der Waals surface area contributed by atoms with E-state index in [4.69, 9.17) is 24.4 Å². The molecular formula is C29H33N7O8+2. The van der Waals surface area contributed by atoms with Gasteiger partial charge in [0.25, 0.3) is 11.7 Å². The molecule has 0 fully saturated rings. The van der Waals surface area contributed by atoms with Gasteiger partial charge in [-0.25, -0.2) is 14.7 Å². The topological polar surface area (TPSA) is 190 Å². The molecule has 0 bridgehead atoms. The molecule has 6 N–H and O–H groups in total. The lowest BCUT2D eigenvalue weighted by Gasteiger charge is -2.27. The van der Waals surface area contributed by atoms with E-state index in [2.05, 4.69) is 20.6 Å². The van der Waals surface area contributed by atoms with Crippen molar-refractivity contribution in [1.29, 1.82) is 5.41 Å². The molecular weight excluding hydrogens is 574 g/mol. The summed E-state index contributed by atoms with van der Waals surface area (Å²) in [6.45, 7) is 5.59. The Balaban J connectivity index is 1.40. The Morgan fingerprint density at radius 1 is 1.34 bits per heavy atom. The van der Waals surface area contributed by atoms with Gasteiger partial charge in [0.2, 0.25) is 17.4 Å². The molecule has 0 spiro atoms. The largest absolute Gasteiger partial charge is 0.496 e. The number of allylic oxidation sites excluding steroid dienone is 2. The summed E-state index contributed by atoms with van der Waals surface area (Å²) in [4.78, 5) is 48.1. The van der Waals surface area contributed by atoms with Crippen molar-refractivity contribution in [3.63, 3.8) is 0 Å². The number of fused-ring (bicyclic) bond motifs is 3. The van der Waals surface area contributed by atoms with E-state index in [1.165, 1.54) is 7.11 Å². The lowest BCUT2D eigenvalue weighted by atomic mass is 9.89. The van der Waals surface area contributed by atoms with Crippen molar-refractivity contribution in [3.05, 3.63) is 47.0 Å². The van der Waals surface area contributed by atoms with Gasteiger partial charge in [-0.3, -0.25) is 25.6 Å². The quantitative estimate of drug-likeness (QED) is 0.138. The van der Waals surface area contributed by atoms with Crippen LogP contribution in [0.15, 0.2) is 45.9 Å². The summed E-state index contributed by atoms with van der Waals surface area (Å²) in [6.07, 6.45) is 5.47. The molecule has 1 aromatic carbocycles. The van der Waals surface area contributed by atoms with Crippen LogP contribution in [0.1, 0.15) is 31.9 Å². The van der Waals surface area contributed by atoms with Crippen molar-refractivity contribution in [2.45, 2.75) is 45.2 Å². The Bertz CT molecular complexity index is 1630. The van der Waals surface area contributed by atoms with Crippen LogP contribution in [0.4, 0.5) is 0 Å². The Labute approximate surface area is 252 Å². The van der Waals surface area contributed by atoms with Gasteiger partial charge in [0.05, 0.1) is 36.7 Å². The highest BCUT2D eigenvalue weighted by atomic mass is 16.6. The van der Waals surface area contributed by atoms with Crippen molar-refractivity contribution >= 4 is 41.2 Å². The molecule has 6 rings (SSSR count). The van der Waals surface area contributed by atoms with E-state index in [9.17, 15) is 19.5 Å².